The van der Waals surface area contributed by atoms with Gasteiger partial charge in [-0.15, -0.1) is 0 Å². The first-order chi connectivity index (χ1) is 12.7. The number of hydrogen-bond acceptors (Lipinski definition) is 3. The summed E-state index contributed by atoms with van der Waals surface area (Å²) in [7, 11) is 0. The summed E-state index contributed by atoms with van der Waals surface area (Å²) in [5.41, 5.74) is 6.04. The molecule has 4 nitrogen and oxygen atoms in total. The number of hydrogen-bond donors (Lipinski definition) is 0. The van der Waals surface area contributed by atoms with Crippen LogP contribution in [0.15, 0.2) is 60.7 Å². The van der Waals surface area contributed by atoms with Crippen LogP contribution in [0.2, 0.25) is 0 Å². The Labute approximate surface area is 152 Å². The van der Waals surface area contributed by atoms with Crippen LogP contribution in [0.5, 0.6) is 11.5 Å². The minimum atomic E-state index is 0.315. The zero-order valence-electron chi connectivity index (χ0n) is 14.6. The second kappa shape index (κ2) is 5.27. The van der Waals surface area contributed by atoms with Gasteiger partial charge >= 0.3 is 0 Å². The lowest BCUT2D eigenvalue weighted by molar-refractivity contribution is 0.476. The minimum Gasteiger partial charge on any atom is -0.454 e. The van der Waals surface area contributed by atoms with E-state index < -0.39 is 0 Å². The van der Waals surface area contributed by atoms with E-state index in [0.29, 0.717) is 11.7 Å². The monoisotopic (exact) mass is 339 g/mol. The number of ether oxygens (including phenoxy) is 1. The van der Waals surface area contributed by atoms with E-state index in [1.54, 1.807) is 0 Å². The predicted octanol–water partition coefficient (Wildman–Crippen LogP) is 6.67. The molecule has 2 aliphatic rings. The molecule has 0 atom stereocenters. The lowest BCUT2D eigenvalue weighted by Crippen LogP contribution is -2.33. The van der Waals surface area contributed by atoms with Crippen molar-refractivity contribution in [2.75, 3.05) is 9.80 Å². The fraction of sp³-hybridized carbons (Fsp3) is 0.136. The molecule has 0 aliphatic carbocycles. The third-order valence-corrected chi connectivity index (χ3v) is 4.89. The highest BCUT2D eigenvalue weighted by molar-refractivity contribution is 6.02. The molecule has 0 saturated heterocycles. The Morgan fingerprint density at radius 3 is 2.38 bits per heavy atom. The smallest absolute Gasteiger partial charge is 0.191 e. The second-order valence-corrected chi connectivity index (χ2v) is 6.78. The van der Waals surface area contributed by atoms with Crippen LogP contribution >= 0.6 is 0 Å². The van der Waals surface area contributed by atoms with Gasteiger partial charge in [0.2, 0.25) is 0 Å². The van der Waals surface area contributed by atoms with E-state index in [1.807, 2.05) is 30.3 Å². The Morgan fingerprint density at radius 2 is 1.62 bits per heavy atom. The molecule has 0 spiro atoms. The number of anilines is 5. The first-order valence-corrected chi connectivity index (χ1v) is 8.70. The largest absolute Gasteiger partial charge is 0.454 e. The molecular weight excluding hydrogens is 322 g/mol. The summed E-state index contributed by atoms with van der Waals surface area (Å²) in [5.74, 6) is 1.54. The molecule has 3 aromatic carbocycles. The average molecular weight is 339 g/mol. The van der Waals surface area contributed by atoms with Gasteiger partial charge in [-0.3, -0.25) is 4.90 Å². The van der Waals surface area contributed by atoms with Gasteiger partial charge in [-0.05, 0) is 50.2 Å². The molecule has 2 aliphatic heterocycles. The van der Waals surface area contributed by atoms with Crippen LogP contribution < -0.4 is 14.5 Å². The Hall–Kier alpha value is -3.45. The molecule has 0 N–H and O–H groups in total. The molecule has 0 radical (unpaired) electrons. The average Bonchev–Trinajstić information content (AvgIpc) is 2.66. The quantitative estimate of drug-likeness (QED) is 0.361. The molecule has 0 bridgehead atoms. The van der Waals surface area contributed by atoms with Crippen LogP contribution in [-0.4, -0.2) is 6.04 Å². The summed E-state index contributed by atoms with van der Waals surface area (Å²) in [6, 6.07) is 20.6. The topological polar surface area (TPSA) is 20.1 Å². The summed E-state index contributed by atoms with van der Waals surface area (Å²) in [5, 5.41) is 0. The molecule has 0 saturated carbocycles. The number of rotatable bonds is 1. The summed E-state index contributed by atoms with van der Waals surface area (Å²) in [6.45, 7) is 11.7. The highest BCUT2D eigenvalue weighted by atomic mass is 16.5. The molecule has 26 heavy (non-hydrogen) atoms. The zero-order chi connectivity index (χ0) is 17.8. The van der Waals surface area contributed by atoms with Crippen LogP contribution in [0.3, 0.4) is 0 Å². The zero-order valence-corrected chi connectivity index (χ0v) is 14.6. The van der Waals surface area contributed by atoms with E-state index >= 15 is 0 Å². The van der Waals surface area contributed by atoms with Crippen molar-refractivity contribution < 1.29 is 4.74 Å². The predicted molar refractivity (Wildman–Crippen MR) is 105 cm³/mol. The fourth-order valence-electron chi connectivity index (χ4n) is 3.88. The van der Waals surface area contributed by atoms with Gasteiger partial charge in [0.05, 0.1) is 29.3 Å². The van der Waals surface area contributed by atoms with E-state index in [1.165, 1.54) is 5.69 Å². The molecule has 3 aromatic rings. The molecule has 5 rings (SSSR count). The Balaban J connectivity index is 1.84. The number of benzene rings is 3. The molecule has 0 amide bonds. The standard InChI is InChI=1S/C22H17N3O/c1-14(2)24-16-7-4-5-8-17(16)25-18-12-11-15(23-3)13-21(18)26-20-10-6-9-19(24)22(20)25/h4-14H,1-2H3. The Bertz CT molecular complexity index is 1080. The van der Waals surface area contributed by atoms with Crippen molar-refractivity contribution in [2.45, 2.75) is 19.9 Å². The van der Waals surface area contributed by atoms with Gasteiger partial charge in [0, 0.05) is 6.04 Å². The van der Waals surface area contributed by atoms with Gasteiger partial charge in [0.1, 0.15) is 11.4 Å². The van der Waals surface area contributed by atoms with E-state index in [4.69, 9.17) is 11.3 Å². The molecule has 0 unspecified atom stereocenters. The minimum absolute atomic E-state index is 0.315. The first-order valence-electron chi connectivity index (χ1n) is 8.70. The van der Waals surface area contributed by atoms with Crippen LogP contribution in [0.25, 0.3) is 4.85 Å². The van der Waals surface area contributed by atoms with Crippen LogP contribution in [0.4, 0.5) is 34.1 Å². The molecular formula is C22H17N3O. The SMILES string of the molecule is [C-]#[N+]c1ccc2c(c1)Oc1cccc3c1N2c1ccccc1N3C(C)C. The molecule has 126 valence electrons. The molecule has 4 heteroatoms. The molecule has 2 heterocycles. The van der Waals surface area contributed by atoms with Crippen LogP contribution in [-0.2, 0) is 0 Å². The first kappa shape index (κ1) is 14.9. The highest BCUT2D eigenvalue weighted by Gasteiger charge is 2.36. The van der Waals surface area contributed by atoms with Crippen molar-refractivity contribution in [1.29, 1.82) is 0 Å². The Morgan fingerprint density at radius 1 is 0.846 bits per heavy atom. The van der Waals surface area contributed by atoms with Crippen molar-refractivity contribution >= 4 is 34.1 Å². The lowest BCUT2D eigenvalue weighted by atomic mass is 10.0. The van der Waals surface area contributed by atoms with E-state index in [-0.39, 0.29) is 0 Å². The summed E-state index contributed by atoms with van der Waals surface area (Å²) in [4.78, 5) is 8.15. The number of para-hydroxylation sites is 3. The van der Waals surface area contributed by atoms with Gasteiger partial charge in [-0.1, -0.05) is 24.3 Å². The third-order valence-electron chi connectivity index (χ3n) is 4.89. The van der Waals surface area contributed by atoms with E-state index in [9.17, 15) is 0 Å². The Kier molecular flexibility index (Phi) is 3.01. The summed E-state index contributed by atoms with van der Waals surface area (Å²) in [6.07, 6.45) is 0. The van der Waals surface area contributed by atoms with E-state index in [2.05, 4.69) is 58.8 Å². The maximum Gasteiger partial charge on any atom is 0.191 e. The van der Waals surface area contributed by atoms with Gasteiger partial charge in [-0.2, -0.15) is 0 Å². The maximum atomic E-state index is 7.29. The van der Waals surface area contributed by atoms with Crippen molar-refractivity contribution in [2.24, 2.45) is 0 Å². The normalized spacial score (nSPS) is 13.5. The number of fused-ring (bicyclic) bond motifs is 4. The van der Waals surface area contributed by atoms with Gasteiger partial charge in [0.15, 0.2) is 11.4 Å². The second-order valence-electron chi connectivity index (χ2n) is 6.78. The van der Waals surface area contributed by atoms with E-state index in [0.717, 1.165) is 34.2 Å². The number of nitrogens with zero attached hydrogens (tertiary/aromatic N) is 3. The highest BCUT2D eigenvalue weighted by Crippen LogP contribution is 2.60. The van der Waals surface area contributed by atoms with Crippen molar-refractivity contribution in [3.8, 4) is 11.5 Å². The van der Waals surface area contributed by atoms with Gasteiger partial charge in [-0.25, -0.2) is 4.85 Å². The molecule has 0 aromatic heterocycles. The van der Waals surface area contributed by atoms with Crippen molar-refractivity contribution in [1.82, 2.24) is 0 Å². The van der Waals surface area contributed by atoms with Gasteiger partial charge < -0.3 is 9.64 Å². The summed E-state index contributed by atoms with van der Waals surface area (Å²) >= 11 is 0. The fourth-order valence-corrected chi connectivity index (χ4v) is 3.88. The third kappa shape index (κ3) is 1.89. The maximum absolute atomic E-state index is 7.29. The van der Waals surface area contributed by atoms with Gasteiger partial charge in [0.25, 0.3) is 0 Å². The lowest BCUT2D eigenvalue weighted by Gasteiger charge is -2.44. The van der Waals surface area contributed by atoms with Crippen molar-refractivity contribution in [3.05, 3.63) is 72.1 Å². The van der Waals surface area contributed by atoms with Crippen LogP contribution in [0, 0.1) is 6.57 Å². The van der Waals surface area contributed by atoms with Crippen molar-refractivity contribution in [3.63, 3.8) is 0 Å². The molecule has 0 fully saturated rings. The van der Waals surface area contributed by atoms with Crippen LogP contribution in [0.1, 0.15) is 13.8 Å². The summed E-state index contributed by atoms with van der Waals surface area (Å²) < 4.78 is 6.20.